The van der Waals surface area contributed by atoms with Gasteiger partial charge in [-0.1, -0.05) is 6.42 Å². The van der Waals surface area contributed by atoms with Crippen molar-refractivity contribution in [2.45, 2.75) is 38.6 Å². The zero-order valence-corrected chi connectivity index (χ0v) is 27.5. The molecule has 48 heavy (non-hydrogen) atoms. The van der Waals surface area contributed by atoms with Crippen LogP contribution in [0.3, 0.4) is 0 Å². The Balaban J connectivity index is 0.996. The predicted molar refractivity (Wildman–Crippen MR) is 179 cm³/mol. The summed E-state index contributed by atoms with van der Waals surface area (Å²) in [6.45, 7) is 6.99. The fraction of sp³-hybridized carbons (Fsp3) is 0.594. The average molecular weight is 673 g/mol. The van der Waals surface area contributed by atoms with Crippen LogP contribution in [0, 0.1) is 0 Å². The number of unbranched alkanes of at least 4 members (excludes halogenated alkanes) is 2. The molecule has 0 aliphatic carbocycles. The minimum atomic E-state index is 0.104. The number of aromatic nitrogens is 5. The van der Waals surface area contributed by atoms with Gasteiger partial charge in [-0.3, -0.25) is 4.79 Å². The standard InChI is InChI=1S/C32H48N8O8/c33-8-11-43-13-15-45-17-19-47-21-20-46-18-16-44-14-12-42-10-7-25(41)4-2-1-3-9-40-31-28(30(34)36-23-37-31)29(39-40)24-5-6-27-26(22-24)38-32(35)48-27/h5-6,22-23H,1-4,7-21,33H2,(H2,35,38)(H2,34,36,37). The first-order valence-corrected chi connectivity index (χ1v) is 16.4. The number of nitrogens with two attached hydrogens (primary N) is 3. The Morgan fingerprint density at radius 2 is 1.38 bits per heavy atom. The maximum atomic E-state index is 12.3. The second-order valence-electron chi connectivity index (χ2n) is 10.8. The lowest BCUT2D eigenvalue weighted by atomic mass is 10.1. The lowest BCUT2D eigenvalue weighted by Crippen LogP contribution is -2.15. The Morgan fingerprint density at radius 1 is 0.750 bits per heavy atom. The molecule has 264 valence electrons. The molecule has 6 N–H and O–H groups in total. The van der Waals surface area contributed by atoms with E-state index in [-0.39, 0.29) is 11.8 Å². The van der Waals surface area contributed by atoms with Crippen LogP contribution < -0.4 is 17.2 Å². The Morgan fingerprint density at radius 3 is 2.02 bits per heavy atom. The lowest BCUT2D eigenvalue weighted by Gasteiger charge is -2.08. The molecule has 0 unspecified atom stereocenters. The number of rotatable bonds is 27. The first kappa shape index (κ1) is 37.1. The number of hydrogen-bond acceptors (Lipinski definition) is 15. The van der Waals surface area contributed by atoms with E-state index in [1.165, 1.54) is 6.33 Å². The number of hydrogen-bond donors (Lipinski definition) is 3. The summed E-state index contributed by atoms with van der Waals surface area (Å²) in [7, 11) is 0. The molecule has 0 fully saturated rings. The van der Waals surface area contributed by atoms with E-state index in [0.717, 1.165) is 24.8 Å². The van der Waals surface area contributed by atoms with E-state index >= 15 is 0 Å². The highest BCUT2D eigenvalue weighted by Crippen LogP contribution is 2.32. The van der Waals surface area contributed by atoms with Crippen molar-refractivity contribution in [1.29, 1.82) is 0 Å². The number of ketones is 1. The highest BCUT2D eigenvalue weighted by Gasteiger charge is 2.18. The number of Topliss-reactive ketones (excluding diaryl/α,β-unsaturated/α-hetero) is 1. The van der Waals surface area contributed by atoms with Crippen LogP contribution in [0.1, 0.15) is 32.1 Å². The summed E-state index contributed by atoms with van der Waals surface area (Å²) in [6.07, 6.45) is 4.83. The van der Waals surface area contributed by atoms with E-state index in [1.54, 1.807) is 6.07 Å². The second kappa shape index (κ2) is 21.3. The number of ether oxygens (including phenoxy) is 6. The van der Waals surface area contributed by atoms with E-state index in [4.69, 9.17) is 55.1 Å². The molecule has 0 spiro atoms. The number of oxazole rings is 1. The van der Waals surface area contributed by atoms with Gasteiger partial charge >= 0.3 is 0 Å². The average Bonchev–Trinajstić information content (AvgIpc) is 3.65. The van der Waals surface area contributed by atoms with Crippen molar-refractivity contribution < 1.29 is 37.6 Å². The van der Waals surface area contributed by atoms with Crippen LogP contribution in [0.15, 0.2) is 28.9 Å². The number of benzene rings is 1. The molecule has 4 aromatic rings. The number of nitrogens with zero attached hydrogens (tertiary/aromatic N) is 5. The van der Waals surface area contributed by atoms with Crippen molar-refractivity contribution in [2.75, 3.05) is 97.3 Å². The SMILES string of the molecule is NCCOCCOCCOCCOCCOCCOCCC(=O)CCCCCn1nc(-c2ccc3oc(N)nc3c2)c2c(N)ncnc21. The molecule has 16 nitrogen and oxygen atoms in total. The third kappa shape index (κ3) is 12.4. The number of anilines is 2. The number of aryl methyl sites for hydroxylation is 1. The summed E-state index contributed by atoms with van der Waals surface area (Å²) >= 11 is 0. The van der Waals surface area contributed by atoms with Gasteiger partial charge in [0.05, 0.1) is 84.7 Å². The zero-order valence-electron chi connectivity index (χ0n) is 27.5. The third-order valence-corrected chi connectivity index (χ3v) is 7.21. The molecule has 0 atom stereocenters. The first-order valence-electron chi connectivity index (χ1n) is 16.4. The van der Waals surface area contributed by atoms with Gasteiger partial charge in [0.2, 0.25) is 0 Å². The predicted octanol–water partition coefficient (Wildman–Crippen LogP) is 2.38. The van der Waals surface area contributed by atoms with Gasteiger partial charge in [0.15, 0.2) is 11.2 Å². The van der Waals surface area contributed by atoms with E-state index in [9.17, 15) is 4.79 Å². The second-order valence-corrected chi connectivity index (χ2v) is 10.8. The fourth-order valence-electron chi connectivity index (χ4n) is 4.84. The molecular weight excluding hydrogens is 624 g/mol. The van der Waals surface area contributed by atoms with Crippen LogP contribution in [0.2, 0.25) is 0 Å². The van der Waals surface area contributed by atoms with Gasteiger partial charge in [-0.15, -0.1) is 0 Å². The molecule has 16 heteroatoms. The molecule has 0 aliphatic heterocycles. The molecule has 0 amide bonds. The van der Waals surface area contributed by atoms with Gasteiger partial charge in [0.25, 0.3) is 6.01 Å². The quantitative estimate of drug-likeness (QED) is 0.0774. The Kier molecular flexibility index (Phi) is 16.4. The Labute approximate surface area is 279 Å². The van der Waals surface area contributed by atoms with Crippen molar-refractivity contribution in [3.05, 3.63) is 24.5 Å². The minimum Gasteiger partial charge on any atom is -0.424 e. The van der Waals surface area contributed by atoms with Gasteiger partial charge in [0, 0.05) is 31.5 Å². The largest absolute Gasteiger partial charge is 0.424 e. The van der Waals surface area contributed by atoms with Gasteiger partial charge in [0.1, 0.15) is 29.1 Å². The van der Waals surface area contributed by atoms with E-state index in [0.29, 0.717) is 139 Å². The van der Waals surface area contributed by atoms with Crippen LogP contribution in [0.4, 0.5) is 11.8 Å². The molecule has 0 saturated heterocycles. The van der Waals surface area contributed by atoms with Crippen molar-refractivity contribution in [1.82, 2.24) is 24.7 Å². The monoisotopic (exact) mass is 672 g/mol. The van der Waals surface area contributed by atoms with Crippen molar-refractivity contribution in [3.63, 3.8) is 0 Å². The van der Waals surface area contributed by atoms with Crippen LogP contribution in [0.25, 0.3) is 33.4 Å². The van der Waals surface area contributed by atoms with Crippen LogP contribution in [-0.2, 0) is 39.8 Å². The topological polar surface area (TPSA) is 220 Å². The molecule has 3 aromatic heterocycles. The summed E-state index contributed by atoms with van der Waals surface area (Å²) in [5, 5.41) is 5.49. The molecule has 0 radical (unpaired) electrons. The molecule has 4 rings (SSSR count). The zero-order chi connectivity index (χ0) is 33.8. The van der Waals surface area contributed by atoms with E-state index in [2.05, 4.69) is 15.0 Å². The summed E-state index contributed by atoms with van der Waals surface area (Å²) in [5.74, 6) is 0.539. The molecule has 0 aliphatic rings. The number of fused-ring (bicyclic) bond motifs is 2. The van der Waals surface area contributed by atoms with Gasteiger partial charge in [-0.25, -0.2) is 14.6 Å². The highest BCUT2D eigenvalue weighted by molar-refractivity contribution is 5.99. The highest BCUT2D eigenvalue weighted by atomic mass is 16.6. The molecule has 0 saturated carbocycles. The summed E-state index contributed by atoms with van der Waals surface area (Å²) < 4.78 is 39.8. The molecule has 1 aromatic carbocycles. The number of carbonyl (C=O) groups is 1. The number of nitrogen functional groups attached to an aromatic ring is 2. The molecule has 0 bridgehead atoms. The summed E-state index contributed by atoms with van der Waals surface area (Å²) in [4.78, 5) is 25.1. The number of carbonyl (C=O) groups excluding carboxylic acids is 1. The first-order chi connectivity index (χ1) is 23.6. The van der Waals surface area contributed by atoms with Gasteiger partial charge in [-0.05, 0) is 31.0 Å². The molecule has 3 heterocycles. The Bertz CT molecular complexity index is 1510. The van der Waals surface area contributed by atoms with Gasteiger partial charge < -0.3 is 50.0 Å². The smallest absolute Gasteiger partial charge is 0.292 e. The maximum absolute atomic E-state index is 12.3. The molecular formula is C32H48N8O8. The Hall–Kier alpha value is -3.77. The van der Waals surface area contributed by atoms with Crippen LogP contribution >= 0.6 is 0 Å². The van der Waals surface area contributed by atoms with Crippen LogP contribution in [0.5, 0.6) is 0 Å². The lowest BCUT2D eigenvalue weighted by molar-refractivity contribution is -0.120. The summed E-state index contributed by atoms with van der Waals surface area (Å²) in [6, 6.07) is 5.64. The summed E-state index contributed by atoms with van der Waals surface area (Å²) in [5.41, 5.74) is 20.6. The van der Waals surface area contributed by atoms with Crippen LogP contribution in [-0.4, -0.2) is 116 Å². The van der Waals surface area contributed by atoms with Crippen molar-refractivity contribution >= 4 is 39.7 Å². The normalized spacial score (nSPS) is 11.7. The third-order valence-electron chi connectivity index (χ3n) is 7.21. The fourth-order valence-corrected chi connectivity index (χ4v) is 4.84. The van der Waals surface area contributed by atoms with E-state index in [1.807, 2.05) is 16.8 Å². The van der Waals surface area contributed by atoms with E-state index < -0.39 is 0 Å². The van der Waals surface area contributed by atoms with Crippen molar-refractivity contribution in [2.24, 2.45) is 5.73 Å². The maximum Gasteiger partial charge on any atom is 0.292 e. The minimum absolute atomic E-state index is 0.104. The van der Waals surface area contributed by atoms with Gasteiger partial charge in [-0.2, -0.15) is 10.1 Å². The van der Waals surface area contributed by atoms with Crippen molar-refractivity contribution in [3.8, 4) is 11.3 Å².